The second kappa shape index (κ2) is 9.17. The van der Waals surface area contributed by atoms with Crippen LogP contribution in [0.2, 0.25) is 0 Å². The lowest BCUT2D eigenvalue weighted by atomic mass is 10.1. The van der Waals surface area contributed by atoms with Crippen LogP contribution < -0.4 is 5.32 Å². The molecule has 0 spiro atoms. The van der Waals surface area contributed by atoms with Gasteiger partial charge < -0.3 is 20.1 Å². The third-order valence-electron chi connectivity index (χ3n) is 2.62. The van der Waals surface area contributed by atoms with E-state index in [1.807, 2.05) is 6.92 Å². The van der Waals surface area contributed by atoms with Crippen molar-refractivity contribution in [2.24, 2.45) is 5.92 Å². The number of rotatable bonds is 8. The smallest absolute Gasteiger partial charge is 0.326 e. The summed E-state index contributed by atoms with van der Waals surface area (Å²) in [5.74, 6) is -1.85. The third-order valence-corrected chi connectivity index (χ3v) is 2.62. The first-order valence-corrected chi connectivity index (χ1v) is 6.77. The van der Waals surface area contributed by atoms with Crippen LogP contribution in [0.15, 0.2) is 0 Å². The zero-order valence-corrected chi connectivity index (χ0v) is 12.5. The number of ether oxygens (including phenoxy) is 1. The number of esters is 1. The first-order chi connectivity index (χ1) is 9.33. The van der Waals surface area contributed by atoms with Crippen LogP contribution in [0.5, 0.6) is 0 Å². The number of carboxylic acid groups (broad SMARTS) is 1. The number of amides is 2. The topological polar surface area (TPSA) is 95.9 Å². The number of carbonyl (C=O) groups excluding carboxylic acids is 2. The van der Waals surface area contributed by atoms with Crippen molar-refractivity contribution >= 4 is 18.0 Å². The zero-order valence-electron chi connectivity index (χ0n) is 12.5. The molecule has 0 rings (SSSR count). The van der Waals surface area contributed by atoms with Gasteiger partial charge in [0.15, 0.2) is 0 Å². The van der Waals surface area contributed by atoms with Crippen molar-refractivity contribution in [1.82, 2.24) is 10.2 Å². The summed E-state index contributed by atoms with van der Waals surface area (Å²) in [6, 6.07) is -1.55. The number of hydrogen-bond acceptors (Lipinski definition) is 4. The lowest BCUT2D eigenvalue weighted by molar-refractivity contribution is -0.143. The number of carbonyl (C=O) groups is 3. The lowest BCUT2D eigenvalue weighted by Crippen LogP contribution is -2.51. The Balaban J connectivity index is 4.70. The van der Waals surface area contributed by atoms with Gasteiger partial charge >= 0.3 is 18.0 Å². The quantitative estimate of drug-likeness (QED) is 0.652. The highest BCUT2D eigenvalue weighted by atomic mass is 16.5. The normalized spacial score (nSPS) is 11.8. The average molecular weight is 288 g/mol. The molecule has 0 fully saturated rings. The van der Waals surface area contributed by atoms with Crippen molar-refractivity contribution < 1.29 is 24.2 Å². The molecule has 0 aromatic rings. The van der Waals surface area contributed by atoms with Crippen LogP contribution in [0.1, 0.15) is 34.1 Å². The molecule has 0 aliphatic carbocycles. The van der Waals surface area contributed by atoms with Gasteiger partial charge in [-0.15, -0.1) is 0 Å². The summed E-state index contributed by atoms with van der Waals surface area (Å²) in [7, 11) is 0. The Hall–Kier alpha value is -1.79. The van der Waals surface area contributed by atoms with Gasteiger partial charge in [-0.3, -0.25) is 4.79 Å². The highest BCUT2D eigenvalue weighted by Gasteiger charge is 2.26. The number of nitrogens with zero attached hydrogens (tertiary/aromatic N) is 1. The fourth-order valence-electron chi connectivity index (χ4n) is 1.62. The molecule has 0 saturated carbocycles. The zero-order chi connectivity index (χ0) is 15.7. The van der Waals surface area contributed by atoms with Crippen molar-refractivity contribution in [3.8, 4) is 0 Å². The Morgan fingerprint density at radius 1 is 1.25 bits per heavy atom. The molecular weight excluding hydrogens is 264 g/mol. The largest absolute Gasteiger partial charge is 0.480 e. The second-order valence-corrected chi connectivity index (χ2v) is 4.74. The van der Waals surface area contributed by atoms with Gasteiger partial charge in [-0.2, -0.15) is 0 Å². The van der Waals surface area contributed by atoms with Gasteiger partial charge in [-0.1, -0.05) is 20.8 Å². The van der Waals surface area contributed by atoms with Gasteiger partial charge in [-0.05, 0) is 19.3 Å². The summed E-state index contributed by atoms with van der Waals surface area (Å²) in [5.41, 5.74) is 0. The van der Waals surface area contributed by atoms with Crippen molar-refractivity contribution in [3.63, 3.8) is 0 Å². The number of hydrogen-bond donors (Lipinski definition) is 2. The number of nitrogens with one attached hydrogen (secondary N) is 1. The third kappa shape index (κ3) is 6.40. The van der Waals surface area contributed by atoms with E-state index in [1.165, 1.54) is 4.90 Å². The van der Waals surface area contributed by atoms with Gasteiger partial charge in [0.05, 0.1) is 6.61 Å². The van der Waals surface area contributed by atoms with Crippen molar-refractivity contribution in [2.75, 3.05) is 19.7 Å². The minimum absolute atomic E-state index is 0.183. The number of aliphatic carboxylic acids is 1. The van der Waals surface area contributed by atoms with E-state index < -0.39 is 24.0 Å². The van der Waals surface area contributed by atoms with Gasteiger partial charge in [0, 0.05) is 6.54 Å². The van der Waals surface area contributed by atoms with E-state index in [0.29, 0.717) is 13.0 Å². The molecule has 0 bridgehead atoms. The molecule has 0 unspecified atom stereocenters. The minimum Gasteiger partial charge on any atom is -0.480 e. The summed E-state index contributed by atoms with van der Waals surface area (Å²) < 4.78 is 4.79. The number of carboxylic acids is 1. The molecule has 1 atom stereocenters. The molecule has 0 radical (unpaired) electrons. The van der Waals surface area contributed by atoms with Crippen LogP contribution in [0, 0.1) is 5.92 Å². The Morgan fingerprint density at radius 3 is 2.25 bits per heavy atom. The molecular formula is C13H24N2O5. The molecule has 0 saturated heterocycles. The first kappa shape index (κ1) is 18.2. The van der Waals surface area contributed by atoms with Crippen LogP contribution in [0.3, 0.4) is 0 Å². The molecule has 7 nitrogen and oxygen atoms in total. The molecule has 0 aliphatic heterocycles. The summed E-state index contributed by atoms with van der Waals surface area (Å²) in [5, 5.41) is 11.5. The van der Waals surface area contributed by atoms with Gasteiger partial charge in [0.2, 0.25) is 0 Å². The van der Waals surface area contributed by atoms with Gasteiger partial charge in [0.1, 0.15) is 12.6 Å². The predicted molar refractivity (Wildman–Crippen MR) is 73.3 cm³/mol. The van der Waals surface area contributed by atoms with E-state index in [0.717, 1.165) is 0 Å². The molecule has 0 aliphatic rings. The number of urea groups is 1. The first-order valence-electron chi connectivity index (χ1n) is 6.77. The maximum absolute atomic E-state index is 12.0. The Bertz CT molecular complexity index is 344. The van der Waals surface area contributed by atoms with E-state index in [4.69, 9.17) is 9.84 Å². The average Bonchev–Trinajstić information content (AvgIpc) is 2.34. The fourth-order valence-corrected chi connectivity index (χ4v) is 1.62. The van der Waals surface area contributed by atoms with Crippen molar-refractivity contribution in [1.29, 1.82) is 0 Å². The molecule has 2 N–H and O–H groups in total. The van der Waals surface area contributed by atoms with E-state index in [2.05, 4.69) is 5.32 Å². The summed E-state index contributed by atoms with van der Waals surface area (Å²) >= 11 is 0. The van der Waals surface area contributed by atoms with E-state index in [9.17, 15) is 14.4 Å². The summed E-state index contributed by atoms with van der Waals surface area (Å²) in [6.45, 7) is 7.37. The monoisotopic (exact) mass is 288 g/mol. The maximum atomic E-state index is 12.0. The van der Waals surface area contributed by atoms with E-state index in [1.54, 1.807) is 20.8 Å². The fraction of sp³-hybridized carbons (Fsp3) is 0.769. The lowest BCUT2D eigenvalue weighted by Gasteiger charge is -2.25. The van der Waals surface area contributed by atoms with Crippen LogP contribution >= 0.6 is 0 Å². The van der Waals surface area contributed by atoms with Crippen molar-refractivity contribution in [3.05, 3.63) is 0 Å². The highest BCUT2D eigenvalue weighted by Crippen LogP contribution is 2.04. The summed E-state index contributed by atoms with van der Waals surface area (Å²) in [4.78, 5) is 35.8. The van der Waals surface area contributed by atoms with Gasteiger partial charge in [0.25, 0.3) is 0 Å². The molecule has 0 heterocycles. The van der Waals surface area contributed by atoms with Gasteiger partial charge in [-0.25, -0.2) is 9.59 Å². The minimum atomic E-state index is -1.10. The Kier molecular flexibility index (Phi) is 8.35. The van der Waals surface area contributed by atoms with E-state index >= 15 is 0 Å². The van der Waals surface area contributed by atoms with E-state index in [-0.39, 0.29) is 19.1 Å². The summed E-state index contributed by atoms with van der Waals surface area (Å²) in [6.07, 6.45) is 0.659. The molecule has 0 aromatic carbocycles. The maximum Gasteiger partial charge on any atom is 0.326 e. The molecule has 7 heteroatoms. The highest BCUT2D eigenvalue weighted by molar-refractivity contribution is 5.85. The van der Waals surface area contributed by atoms with Crippen LogP contribution in [0.25, 0.3) is 0 Å². The van der Waals surface area contributed by atoms with Crippen molar-refractivity contribution in [2.45, 2.75) is 40.2 Å². The Labute approximate surface area is 119 Å². The molecule has 0 aromatic heterocycles. The molecule has 116 valence electrons. The molecule has 20 heavy (non-hydrogen) atoms. The molecule has 2 amide bonds. The SMILES string of the molecule is CCCN(CC(=O)OCC)C(=O)N[C@H](C(=O)O)C(C)C. The predicted octanol–water partition coefficient (Wildman–Crippen LogP) is 1.08. The van der Waals surface area contributed by atoms with Crippen LogP contribution in [0.4, 0.5) is 4.79 Å². The second-order valence-electron chi connectivity index (χ2n) is 4.74. The standard InChI is InChI=1S/C13H24N2O5/c1-5-7-15(8-10(16)20-6-2)13(19)14-11(9(3)4)12(17)18/h9,11H,5-8H2,1-4H3,(H,14,19)(H,17,18)/t11-/m0/s1. The van der Waals surface area contributed by atoms with Crippen LogP contribution in [-0.4, -0.2) is 53.7 Å². The Morgan fingerprint density at radius 2 is 1.85 bits per heavy atom. The van der Waals surface area contributed by atoms with Crippen LogP contribution in [-0.2, 0) is 14.3 Å².